The van der Waals surface area contributed by atoms with E-state index in [2.05, 4.69) is 0 Å². The topological polar surface area (TPSA) is 46.6 Å². The molecule has 0 aliphatic rings. The van der Waals surface area contributed by atoms with Crippen LogP contribution < -0.4 is 4.74 Å². The minimum atomic E-state index is -3.52. The lowest BCUT2D eigenvalue weighted by molar-refractivity contribution is 0.240. The van der Waals surface area contributed by atoms with Crippen molar-refractivity contribution in [3.05, 3.63) is 45.6 Å². The largest absolute Gasteiger partial charge is 0.491 e. The average molecular weight is 354 g/mol. The second kappa shape index (κ2) is 7.03. The van der Waals surface area contributed by atoms with E-state index in [1.54, 1.807) is 36.6 Å². The van der Waals surface area contributed by atoms with Gasteiger partial charge in [-0.2, -0.15) is 4.31 Å². The van der Waals surface area contributed by atoms with Gasteiger partial charge < -0.3 is 4.74 Å². The maximum Gasteiger partial charge on any atom is 0.243 e. The summed E-state index contributed by atoms with van der Waals surface area (Å²) in [6, 6.07) is 7.01. The lowest BCUT2D eigenvalue weighted by Gasteiger charge is -2.18. The van der Waals surface area contributed by atoms with Gasteiger partial charge >= 0.3 is 0 Å². The first-order valence-electron chi connectivity index (χ1n) is 7.48. The quantitative estimate of drug-likeness (QED) is 0.789. The molecule has 0 unspecified atom stereocenters. The first-order valence-corrected chi connectivity index (χ1v) is 9.80. The summed E-state index contributed by atoms with van der Waals surface area (Å²) in [6.07, 6.45) is 0.0561. The highest BCUT2D eigenvalue weighted by Gasteiger charge is 2.22. The van der Waals surface area contributed by atoms with Gasteiger partial charge in [-0.1, -0.05) is 0 Å². The smallest absolute Gasteiger partial charge is 0.243 e. The van der Waals surface area contributed by atoms with Gasteiger partial charge in [0.1, 0.15) is 5.75 Å². The van der Waals surface area contributed by atoms with E-state index in [1.807, 2.05) is 39.1 Å². The Bertz CT molecular complexity index is 779. The van der Waals surface area contributed by atoms with Gasteiger partial charge in [0, 0.05) is 18.5 Å². The summed E-state index contributed by atoms with van der Waals surface area (Å²) < 4.78 is 32.6. The lowest BCUT2D eigenvalue weighted by Crippen LogP contribution is -2.26. The number of hydrogen-bond donors (Lipinski definition) is 0. The van der Waals surface area contributed by atoms with Crippen LogP contribution in [0.1, 0.15) is 29.9 Å². The van der Waals surface area contributed by atoms with Gasteiger partial charge in [0.2, 0.25) is 10.0 Å². The molecule has 2 aromatic rings. The fourth-order valence-corrected chi connectivity index (χ4v) is 4.47. The molecule has 0 saturated carbocycles. The number of sulfonamides is 1. The molecule has 0 saturated heterocycles. The number of thiophene rings is 1. The molecular formula is C17H23NO3S2. The fourth-order valence-electron chi connectivity index (χ4n) is 2.20. The van der Waals surface area contributed by atoms with Gasteiger partial charge in [0.15, 0.2) is 0 Å². The Morgan fingerprint density at radius 1 is 1.17 bits per heavy atom. The summed E-state index contributed by atoms with van der Waals surface area (Å²) in [7, 11) is -1.90. The van der Waals surface area contributed by atoms with Gasteiger partial charge in [0.05, 0.1) is 11.0 Å². The molecule has 4 nitrogen and oxygen atoms in total. The third kappa shape index (κ3) is 4.13. The molecule has 126 valence electrons. The van der Waals surface area contributed by atoms with E-state index in [0.717, 1.165) is 21.8 Å². The Hall–Kier alpha value is -1.37. The summed E-state index contributed by atoms with van der Waals surface area (Å²) in [5.74, 6) is 0.718. The van der Waals surface area contributed by atoms with Crippen molar-refractivity contribution in [3.63, 3.8) is 0 Å². The highest BCUT2D eigenvalue weighted by Crippen LogP contribution is 2.26. The van der Waals surface area contributed by atoms with Gasteiger partial charge in [-0.05, 0) is 68.5 Å². The molecule has 1 heterocycles. The summed E-state index contributed by atoms with van der Waals surface area (Å²) in [4.78, 5) is 1.36. The molecule has 1 aromatic heterocycles. The fraction of sp³-hybridized carbons (Fsp3) is 0.412. The van der Waals surface area contributed by atoms with Crippen LogP contribution in [0.15, 0.2) is 34.5 Å². The number of hydrogen-bond acceptors (Lipinski definition) is 4. The van der Waals surface area contributed by atoms with E-state index in [1.165, 1.54) is 4.31 Å². The molecule has 0 N–H and O–H groups in total. The molecule has 6 heteroatoms. The van der Waals surface area contributed by atoms with Crippen molar-refractivity contribution in [2.75, 3.05) is 7.05 Å². The monoisotopic (exact) mass is 353 g/mol. The zero-order valence-electron chi connectivity index (χ0n) is 14.2. The second-order valence-electron chi connectivity index (χ2n) is 5.88. The SMILES string of the molecule is Cc1cc(S(=O)(=O)N(C)Cc2sccc2C)ccc1OC(C)C. The average Bonchev–Trinajstić information content (AvgIpc) is 2.86. The lowest BCUT2D eigenvalue weighted by atomic mass is 10.2. The number of ether oxygens (including phenoxy) is 1. The highest BCUT2D eigenvalue weighted by molar-refractivity contribution is 7.89. The van der Waals surface area contributed by atoms with Crippen molar-refractivity contribution in [1.82, 2.24) is 4.31 Å². The van der Waals surface area contributed by atoms with Crippen LogP contribution in [0.25, 0.3) is 0 Å². The number of benzene rings is 1. The number of nitrogens with zero attached hydrogens (tertiary/aromatic N) is 1. The third-order valence-electron chi connectivity index (χ3n) is 3.55. The van der Waals surface area contributed by atoms with Crippen LogP contribution in [-0.2, 0) is 16.6 Å². The molecule has 0 bridgehead atoms. The van der Waals surface area contributed by atoms with Crippen LogP contribution in [0.2, 0.25) is 0 Å². The summed E-state index contributed by atoms with van der Waals surface area (Å²) in [6.45, 7) is 8.13. The minimum Gasteiger partial charge on any atom is -0.491 e. The second-order valence-corrected chi connectivity index (χ2v) is 8.93. The van der Waals surface area contributed by atoms with Crippen molar-refractivity contribution in [2.45, 2.75) is 45.2 Å². The Labute approximate surface area is 142 Å². The van der Waals surface area contributed by atoms with E-state index in [-0.39, 0.29) is 6.10 Å². The van der Waals surface area contributed by atoms with Crippen molar-refractivity contribution in [2.24, 2.45) is 0 Å². The van der Waals surface area contributed by atoms with Crippen LogP contribution in [0, 0.1) is 13.8 Å². The van der Waals surface area contributed by atoms with E-state index in [9.17, 15) is 8.42 Å². The van der Waals surface area contributed by atoms with Crippen molar-refractivity contribution in [1.29, 1.82) is 0 Å². The summed E-state index contributed by atoms with van der Waals surface area (Å²) >= 11 is 1.58. The maximum absolute atomic E-state index is 12.7. The predicted molar refractivity (Wildman–Crippen MR) is 94.7 cm³/mol. The Morgan fingerprint density at radius 3 is 2.39 bits per heavy atom. The molecule has 0 atom stereocenters. The summed E-state index contributed by atoms with van der Waals surface area (Å²) in [5.41, 5.74) is 1.94. The standard InChI is InChI=1S/C17H23NO3S2/c1-12(2)21-16-7-6-15(10-14(16)4)23(19,20)18(5)11-17-13(3)8-9-22-17/h6-10,12H,11H2,1-5H3. The molecule has 23 heavy (non-hydrogen) atoms. The van der Waals surface area contributed by atoms with Crippen LogP contribution in [0.4, 0.5) is 0 Å². The van der Waals surface area contributed by atoms with Crippen molar-refractivity contribution >= 4 is 21.4 Å². The zero-order valence-corrected chi connectivity index (χ0v) is 15.8. The number of rotatable bonds is 6. The van der Waals surface area contributed by atoms with E-state index >= 15 is 0 Å². The van der Waals surface area contributed by atoms with Gasteiger partial charge in [-0.15, -0.1) is 11.3 Å². The zero-order chi connectivity index (χ0) is 17.2. The first-order chi connectivity index (χ1) is 10.7. The van der Waals surface area contributed by atoms with E-state index in [4.69, 9.17) is 4.74 Å². The third-order valence-corrected chi connectivity index (χ3v) is 6.36. The Balaban J connectivity index is 2.25. The first kappa shape index (κ1) is 18.0. The van der Waals surface area contributed by atoms with E-state index in [0.29, 0.717) is 11.4 Å². The van der Waals surface area contributed by atoms with Crippen LogP contribution in [0.5, 0.6) is 5.75 Å². The molecule has 0 amide bonds. The maximum atomic E-state index is 12.7. The minimum absolute atomic E-state index is 0.0561. The molecule has 0 fully saturated rings. The molecule has 2 rings (SSSR count). The number of aryl methyl sites for hydroxylation is 2. The van der Waals surface area contributed by atoms with Crippen molar-refractivity contribution < 1.29 is 13.2 Å². The van der Waals surface area contributed by atoms with Gasteiger partial charge in [0.25, 0.3) is 0 Å². The predicted octanol–water partition coefficient (Wildman–Crippen LogP) is 3.97. The van der Waals surface area contributed by atoms with Crippen LogP contribution in [-0.4, -0.2) is 25.9 Å². The molecule has 1 aromatic carbocycles. The molecular weight excluding hydrogens is 330 g/mol. The summed E-state index contributed by atoms with van der Waals surface area (Å²) in [5, 5.41) is 1.98. The molecule has 0 spiro atoms. The van der Waals surface area contributed by atoms with Gasteiger partial charge in [-0.25, -0.2) is 8.42 Å². The molecule has 0 aliphatic carbocycles. The van der Waals surface area contributed by atoms with Crippen LogP contribution in [0.3, 0.4) is 0 Å². The molecule has 0 radical (unpaired) electrons. The molecule has 0 aliphatic heterocycles. The van der Waals surface area contributed by atoms with E-state index < -0.39 is 10.0 Å². The Morgan fingerprint density at radius 2 is 1.87 bits per heavy atom. The van der Waals surface area contributed by atoms with Crippen LogP contribution >= 0.6 is 11.3 Å². The van der Waals surface area contributed by atoms with Crippen molar-refractivity contribution in [3.8, 4) is 5.75 Å². The van der Waals surface area contributed by atoms with Gasteiger partial charge in [-0.3, -0.25) is 0 Å². The normalized spacial score (nSPS) is 12.1. The Kier molecular flexibility index (Phi) is 5.49. The highest BCUT2D eigenvalue weighted by atomic mass is 32.2.